The third kappa shape index (κ3) is 7.79. The highest BCUT2D eigenvalue weighted by molar-refractivity contribution is 7.92. The molecule has 0 radical (unpaired) electrons. The number of carbonyl (C=O) groups is 1. The quantitative estimate of drug-likeness (QED) is 0.265. The van der Waals surface area contributed by atoms with Gasteiger partial charge in [-0.15, -0.1) is 0 Å². The predicted molar refractivity (Wildman–Crippen MR) is 143 cm³/mol. The van der Waals surface area contributed by atoms with Crippen molar-refractivity contribution in [1.82, 2.24) is 20.3 Å². The molecule has 1 fully saturated rings. The lowest BCUT2D eigenvalue weighted by atomic mass is 10.2. The minimum Gasteiger partial charge on any atom is -0.376 e. The molecule has 11 nitrogen and oxygen atoms in total. The van der Waals surface area contributed by atoms with Crippen LogP contribution in [0.1, 0.15) is 41.3 Å². The number of hydrogen-bond donors (Lipinski definition) is 4. The first-order chi connectivity index (χ1) is 19.0. The van der Waals surface area contributed by atoms with E-state index in [2.05, 4.69) is 35.6 Å². The number of anilines is 4. The van der Waals surface area contributed by atoms with E-state index in [1.165, 1.54) is 25.3 Å². The van der Waals surface area contributed by atoms with Gasteiger partial charge < -0.3 is 20.7 Å². The fraction of sp³-hybridized carbons (Fsp3) is 0.360. The minimum atomic E-state index is -4.75. The van der Waals surface area contributed by atoms with E-state index in [0.717, 1.165) is 12.8 Å². The Kier molecular flexibility index (Phi) is 9.04. The van der Waals surface area contributed by atoms with E-state index in [4.69, 9.17) is 4.74 Å². The van der Waals surface area contributed by atoms with Gasteiger partial charge >= 0.3 is 6.18 Å². The Balaban J connectivity index is 1.46. The first kappa shape index (κ1) is 29.0. The Morgan fingerprint density at radius 3 is 2.58 bits per heavy atom. The number of nitrogens with zero attached hydrogens (tertiary/aromatic N) is 3. The highest BCUT2D eigenvalue weighted by atomic mass is 32.2. The van der Waals surface area contributed by atoms with E-state index in [1.54, 1.807) is 24.3 Å². The van der Waals surface area contributed by atoms with Gasteiger partial charge in [-0.2, -0.15) is 18.2 Å². The summed E-state index contributed by atoms with van der Waals surface area (Å²) >= 11 is 0. The second kappa shape index (κ2) is 12.5. The summed E-state index contributed by atoms with van der Waals surface area (Å²) in [6, 6.07) is 9.35. The molecule has 1 amide bonds. The van der Waals surface area contributed by atoms with Crippen molar-refractivity contribution in [3.05, 3.63) is 65.5 Å². The van der Waals surface area contributed by atoms with Gasteiger partial charge in [0.15, 0.2) is 0 Å². The van der Waals surface area contributed by atoms with E-state index in [1.807, 2.05) is 0 Å². The zero-order chi connectivity index (χ0) is 28.8. The standard InChI is InChI=1S/C25H28F3N7O4S/c1-2-40(37,38)35-21-17(5-3-11-29-21)13-30-22-20(25(26,27)28)15-32-24(34-22)33-18-9-7-16(8-10-18)23(36)31-14-19-6-4-12-39-19/h3,5,7-11,15,19H,2,4,6,12-14H2,1H3,(H,29,35)(H,31,36)(H2,30,32,33,34)/t19-/m1/s1. The topological polar surface area (TPSA) is 147 Å². The van der Waals surface area contributed by atoms with Crippen molar-refractivity contribution >= 4 is 39.2 Å². The van der Waals surface area contributed by atoms with Gasteiger partial charge in [-0.3, -0.25) is 9.52 Å². The molecule has 0 bridgehead atoms. The molecule has 214 valence electrons. The van der Waals surface area contributed by atoms with Crippen molar-refractivity contribution in [3.63, 3.8) is 0 Å². The highest BCUT2D eigenvalue weighted by Gasteiger charge is 2.35. The average molecular weight is 580 g/mol. The third-order valence-electron chi connectivity index (χ3n) is 5.98. The van der Waals surface area contributed by atoms with E-state index in [-0.39, 0.29) is 36.1 Å². The van der Waals surface area contributed by atoms with E-state index < -0.39 is 27.6 Å². The van der Waals surface area contributed by atoms with E-state index >= 15 is 0 Å². The maximum absolute atomic E-state index is 13.7. The van der Waals surface area contributed by atoms with Crippen LogP contribution in [-0.4, -0.2) is 54.3 Å². The first-order valence-corrected chi connectivity index (χ1v) is 14.1. The smallest absolute Gasteiger partial charge is 0.376 e. The number of alkyl halides is 3. The van der Waals surface area contributed by atoms with Crippen LogP contribution < -0.4 is 20.7 Å². The fourth-order valence-electron chi connectivity index (χ4n) is 3.80. The number of rotatable bonds is 11. The maximum Gasteiger partial charge on any atom is 0.421 e. The van der Waals surface area contributed by atoms with Crippen LogP contribution in [0, 0.1) is 0 Å². The second-order valence-electron chi connectivity index (χ2n) is 8.87. The third-order valence-corrected chi connectivity index (χ3v) is 7.25. The van der Waals surface area contributed by atoms with Gasteiger partial charge in [0.05, 0.1) is 11.9 Å². The predicted octanol–water partition coefficient (Wildman–Crippen LogP) is 3.92. The molecule has 0 aliphatic carbocycles. The number of halogens is 3. The van der Waals surface area contributed by atoms with E-state index in [0.29, 0.717) is 36.2 Å². The number of benzene rings is 1. The zero-order valence-electron chi connectivity index (χ0n) is 21.5. The van der Waals surface area contributed by atoms with Crippen molar-refractivity contribution in [2.24, 2.45) is 0 Å². The lowest BCUT2D eigenvalue weighted by Gasteiger charge is -2.16. The molecule has 1 atom stereocenters. The van der Waals surface area contributed by atoms with Crippen LogP contribution >= 0.6 is 0 Å². The van der Waals surface area contributed by atoms with Crippen LogP contribution in [0.15, 0.2) is 48.8 Å². The molecule has 3 heterocycles. The summed E-state index contributed by atoms with van der Waals surface area (Å²) in [7, 11) is -3.65. The van der Waals surface area contributed by atoms with Gasteiger partial charge in [-0.25, -0.2) is 18.4 Å². The zero-order valence-corrected chi connectivity index (χ0v) is 22.3. The van der Waals surface area contributed by atoms with Crippen LogP contribution in [-0.2, 0) is 27.5 Å². The molecule has 1 aromatic carbocycles. The summed E-state index contributed by atoms with van der Waals surface area (Å²) in [5.41, 5.74) is 0.0696. The van der Waals surface area contributed by atoms with Crippen molar-refractivity contribution < 1.29 is 31.1 Å². The molecule has 40 heavy (non-hydrogen) atoms. The summed E-state index contributed by atoms with van der Waals surface area (Å²) in [5.74, 6) is -1.10. The van der Waals surface area contributed by atoms with Crippen LogP contribution in [0.2, 0.25) is 0 Å². The summed E-state index contributed by atoms with van der Waals surface area (Å²) in [6.07, 6.45) is -0.863. The second-order valence-corrected chi connectivity index (χ2v) is 10.9. The molecular weight excluding hydrogens is 551 g/mol. The summed E-state index contributed by atoms with van der Waals surface area (Å²) in [5, 5.41) is 8.27. The minimum absolute atomic E-state index is 0.00212. The van der Waals surface area contributed by atoms with Gasteiger partial charge in [0.25, 0.3) is 5.91 Å². The molecule has 1 aliphatic rings. The lowest BCUT2D eigenvalue weighted by molar-refractivity contribution is -0.137. The highest BCUT2D eigenvalue weighted by Crippen LogP contribution is 2.34. The number of ether oxygens (including phenoxy) is 1. The number of sulfonamides is 1. The van der Waals surface area contributed by atoms with Crippen molar-refractivity contribution in [2.45, 2.75) is 38.6 Å². The Labute approximate surface area is 229 Å². The molecule has 2 aromatic heterocycles. The van der Waals surface area contributed by atoms with Gasteiger partial charge in [0.2, 0.25) is 16.0 Å². The lowest BCUT2D eigenvalue weighted by Crippen LogP contribution is -2.31. The molecule has 0 saturated carbocycles. The Bertz CT molecular complexity index is 1430. The maximum atomic E-state index is 13.7. The van der Waals surface area contributed by atoms with Crippen LogP contribution in [0.5, 0.6) is 0 Å². The monoisotopic (exact) mass is 579 g/mol. The van der Waals surface area contributed by atoms with Gasteiger partial charge in [0, 0.05) is 48.9 Å². The van der Waals surface area contributed by atoms with Crippen molar-refractivity contribution in [2.75, 3.05) is 34.3 Å². The van der Waals surface area contributed by atoms with Gasteiger partial charge in [0.1, 0.15) is 17.2 Å². The van der Waals surface area contributed by atoms with Crippen LogP contribution in [0.4, 0.5) is 36.4 Å². The molecule has 1 aliphatic heterocycles. The van der Waals surface area contributed by atoms with E-state index in [9.17, 15) is 26.4 Å². The number of nitrogens with one attached hydrogen (secondary N) is 4. The molecule has 0 spiro atoms. The number of hydrogen-bond acceptors (Lipinski definition) is 9. The molecule has 0 unspecified atom stereocenters. The Morgan fingerprint density at radius 2 is 1.90 bits per heavy atom. The summed E-state index contributed by atoms with van der Waals surface area (Å²) in [6.45, 7) is 2.35. The number of amides is 1. The van der Waals surface area contributed by atoms with Crippen molar-refractivity contribution in [3.8, 4) is 0 Å². The molecule has 4 N–H and O–H groups in total. The average Bonchev–Trinajstić information content (AvgIpc) is 3.45. The SMILES string of the molecule is CCS(=O)(=O)Nc1ncccc1CNc1nc(Nc2ccc(C(=O)NC[C@H]3CCCO3)cc2)ncc1C(F)(F)F. The molecule has 1 saturated heterocycles. The molecule has 15 heteroatoms. The number of carbonyl (C=O) groups excluding carboxylic acids is 1. The van der Waals surface area contributed by atoms with Crippen LogP contribution in [0.3, 0.4) is 0 Å². The summed E-state index contributed by atoms with van der Waals surface area (Å²) < 4.78 is 72.8. The van der Waals surface area contributed by atoms with Crippen molar-refractivity contribution in [1.29, 1.82) is 0 Å². The van der Waals surface area contributed by atoms with Crippen LogP contribution in [0.25, 0.3) is 0 Å². The largest absolute Gasteiger partial charge is 0.421 e. The Morgan fingerprint density at radius 1 is 1.12 bits per heavy atom. The Hall–Kier alpha value is -3.98. The molecular formula is C25H28F3N7O4S. The van der Waals surface area contributed by atoms with Gasteiger partial charge in [-0.1, -0.05) is 6.07 Å². The molecule has 4 rings (SSSR count). The summed E-state index contributed by atoms with van der Waals surface area (Å²) in [4.78, 5) is 24.2. The number of pyridine rings is 1. The first-order valence-electron chi connectivity index (χ1n) is 12.4. The molecule has 3 aromatic rings. The number of aromatic nitrogens is 3. The van der Waals surface area contributed by atoms with Gasteiger partial charge in [-0.05, 0) is 50.1 Å². The normalized spacial score (nSPS) is 15.4. The fourth-order valence-corrected chi connectivity index (χ4v) is 4.43.